The van der Waals surface area contributed by atoms with E-state index < -0.39 is 15.9 Å². The molecule has 1 aliphatic heterocycles. The Bertz CT molecular complexity index is 945. The summed E-state index contributed by atoms with van der Waals surface area (Å²) in [4.78, 5) is 24.2. The van der Waals surface area contributed by atoms with Crippen LogP contribution >= 0.6 is 0 Å². The van der Waals surface area contributed by atoms with Crippen LogP contribution in [-0.4, -0.2) is 44.2 Å². The minimum Gasteiger partial charge on any atom is -0.438 e. The molecule has 1 aromatic heterocycles. The van der Waals surface area contributed by atoms with Crippen molar-refractivity contribution in [3.05, 3.63) is 47.7 Å². The molecule has 1 fully saturated rings. The van der Waals surface area contributed by atoms with Crippen molar-refractivity contribution >= 4 is 27.5 Å². The van der Waals surface area contributed by atoms with Crippen molar-refractivity contribution < 1.29 is 22.4 Å². The van der Waals surface area contributed by atoms with Crippen LogP contribution in [0.1, 0.15) is 40.7 Å². The fraction of sp³-hybridized carbons (Fsp3) is 0.333. The Balaban J connectivity index is 1.73. The highest BCUT2D eigenvalue weighted by molar-refractivity contribution is 7.89. The third kappa shape index (κ3) is 4.20. The molecule has 144 valence electrons. The second-order valence-electron chi connectivity index (χ2n) is 6.12. The van der Waals surface area contributed by atoms with Gasteiger partial charge in [0, 0.05) is 30.9 Å². The van der Waals surface area contributed by atoms with Crippen LogP contribution in [0.25, 0.3) is 0 Å². The van der Waals surface area contributed by atoms with Crippen molar-refractivity contribution in [2.45, 2.75) is 24.9 Å². The molecular formula is C18H21N3O5S. The molecule has 0 bridgehead atoms. The topological polar surface area (TPSA) is 109 Å². The molecule has 3 rings (SSSR count). The molecule has 27 heavy (non-hydrogen) atoms. The van der Waals surface area contributed by atoms with E-state index in [9.17, 15) is 18.0 Å². The highest BCUT2D eigenvalue weighted by Gasteiger charge is 2.30. The van der Waals surface area contributed by atoms with Crippen LogP contribution in [-0.2, 0) is 10.0 Å². The lowest BCUT2D eigenvalue weighted by Crippen LogP contribution is -2.27. The van der Waals surface area contributed by atoms with Gasteiger partial charge >= 0.3 is 0 Å². The van der Waals surface area contributed by atoms with E-state index in [1.54, 1.807) is 18.2 Å². The lowest BCUT2D eigenvalue weighted by molar-refractivity contribution is 0.0953. The van der Waals surface area contributed by atoms with Gasteiger partial charge in [0.1, 0.15) is 0 Å². The number of hydrogen-bond donors (Lipinski definition) is 2. The van der Waals surface area contributed by atoms with Crippen molar-refractivity contribution in [2.75, 3.05) is 25.0 Å². The lowest BCUT2D eigenvalue weighted by Gasteiger charge is -2.12. The first-order valence-electron chi connectivity index (χ1n) is 8.71. The van der Waals surface area contributed by atoms with Crippen molar-refractivity contribution in [1.29, 1.82) is 0 Å². The first kappa shape index (κ1) is 19.1. The summed E-state index contributed by atoms with van der Waals surface area (Å²) in [6.07, 6.45) is 1.63. The average Bonchev–Trinajstić information content (AvgIpc) is 3.34. The van der Waals surface area contributed by atoms with E-state index in [1.165, 1.54) is 22.5 Å². The van der Waals surface area contributed by atoms with E-state index in [2.05, 4.69) is 10.6 Å². The lowest BCUT2D eigenvalue weighted by atomic mass is 10.2. The zero-order valence-electron chi connectivity index (χ0n) is 14.9. The molecular weight excluding hydrogens is 370 g/mol. The molecule has 1 saturated heterocycles. The summed E-state index contributed by atoms with van der Waals surface area (Å²) in [5, 5.41) is 5.04. The van der Waals surface area contributed by atoms with Gasteiger partial charge in [-0.25, -0.2) is 8.42 Å². The van der Waals surface area contributed by atoms with Gasteiger partial charge in [0.25, 0.3) is 21.8 Å². The van der Waals surface area contributed by atoms with E-state index in [1.807, 2.05) is 6.92 Å². The molecule has 0 atom stereocenters. The maximum atomic E-state index is 12.5. The number of carbonyl (C=O) groups excluding carboxylic acids is 2. The number of nitrogens with one attached hydrogen (secondary N) is 2. The van der Waals surface area contributed by atoms with Gasteiger partial charge in [-0.3, -0.25) is 9.59 Å². The highest BCUT2D eigenvalue weighted by Crippen LogP contribution is 2.23. The fourth-order valence-electron chi connectivity index (χ4n) is 2.83. The molecule has 8 nitrogen and oxygen atoms in total. The van der Waals surface area contributed by atoms with Crippen LogP contribution in [0.4, 0.5) is 5.69 Å². The van der Waals surface area contributed by atoms with Crippen molar-refractivity contribution in [3.8, 4) is 0 Å². The van der Waals surface area contributed by atoms with Gasteiger partial charge in [0.05, 0.1) is 0 Å². The van der Waals surface area contributed by atoms with Gasteiger partial charge in [0.2, 0.25) is 5.09 Å². The second kappa shape index (κ2) is 7.93. The Hall–Kier alpha value is -2.65. The van der Waals surface area contributed by atoms with E-state index >= 15 is 0 Å². The number of amides is 2. The Labute approximate surface area is 157 Å². The number of nitrogens with zero attached hydrogens (tertiary/aromatic N) is 1. The normalized spacial score (nSPS) is 14.9. The van der Waals surface area contributed by atoms with Gasteiger partial charge in [-0.2, -0.15) is 4.31 Å². The first-order chi connectivity index (χ1) is 12.9. The zero-order valence-corrected chi connectivity index (χ0v) is 15.7. The fourth-order valence-corrected chi connectivity index (χ4v) is 4.26. The average molecular weight is 391 g/mol. The summed E-state index contributed by atoms with van der Waals surface area (Å²) in [5.74, 6) is -0.951. The quantitative estimate of drug-likeness (QED) is 0.784. The summed E-state index contributed by atoms with van der Waals surface area (Å²) in [5.41, 5.74) is 0.815. The molecule has 0 spiro atoms. The maximum Gasteiger partial charge on any atom is 0.291 e. The monoisotopic (exact) mass is 391 g/mol. The predicted molar refractivity (Wildman–Crippen MR) is 99.1 cm³/mol. The minimum absolute atomic E-state index is 0.115. The van der Waals surface area contributed by atoms with E-state index in [4.69, 9.17) is 4.42 Å². The van der Waals surface area contributed by atoms with Gasteiger partial charge < -0.3 is 15.1 Å². The summed E-state index contributed by atoms with van der Waals surface area (Å²) in [7, 11) is -3.71. The van der Waals surface area contributed by atoms with E-state index in [0.29, 0.717) is 30.9 Å². The number of furan rings is 1. The molecule has 1 aliphatic rings. The Morgan fingerprint density at radius 2 is 1.85 bits per heavy atom. The van der Waals surface area contributed by atoms with Crippen molar-refractivity contribution in [1.82, 2.24) is 9.62 Å². The number of carbonyl (C=O) groups is 2. The number of hydrogen-bond acceptors (Lipinski definition) is 5. The van der Waals surface area contributed by atoms with Gasteiger partial charge in [0.15, 0.2) is 5.76 Å². The molecule has 9 heteroatoms. The summed E-state index contributed by atoms with van der Waals surface area (Å²) in [6.45, 7) is 3.22. The van der Waals surface area contributed by atoms with E-state index in [-0.39, 0.29) is 16.8 Å². The standard InChI is InChI=1S/C18H21N3O5S/c1-2-19-17(22)13-6-5-7-14(12-13)20-18(23)15-8-9-16(26-15)27(24,25)21-10-3-4-11-21/h5-9,12H,2-4,10-11H2,1H3,(H,19,22)(H,20,23). The molecule has 2 amide bonds. The van der Waals surface area contributed by atoms with Crippen LogP contribution in [0.3, 0.4) is 0 Å². The SMILES string of the molecule is CCNC(=O)c1cccc(NC(=O)c2ccc(S(=O)(=O)N3CCCC3)o2)c1. The number of benzene rings is 1. The molecule has 0 aliphatic carbocycles. The van der Waals surface area contributed by atoms with Gasteiger partial charge in [-0.1, -0.05) is 6.07 Å². The van der Waals surface area contributed by atoms with Crippen LogP contribution in [0.5, 0.6) is 0 Å². The molecule has 0 unspecified atom stereocenters. The second-order valence-corrected chi connectivity index (χ2v) is 7.99. The van der Waals surface area contributed by atoms with Crippen molar-refractivity contribution in [2.24, 2.45) is 0 Å². The summed E-state index contributed by atoms with van der Waals surface area (Å²) < 4.78 is 31.6. The van der Waals surface area contributed by atoms with Crippen LogP contribution < -0.4 is 10.6 Å². The Morgan fingerprint density at radius 3 is 2.56 bits per heavy atom. The van der Waals surface area contributed by atoms with Crippen LogP contribution in [0.2, 0.25) is 0 Å². The molecule has 0 radical (unpaired) electrons. The number of rotatable bonds is 6. The van der Waals surface area contributed by atoms with Gasteiger partial charge in [-0.05, 0) is 50.1 Å². The molecule has 2 aromatic rings. The summed E-state index contributed by atoms with van der Waals surface area (Å²) >= 11 is 0. The largest absolute Gasteiger partial charge is 0.438 e. The third-order valence-corrected chi connectivity index (χ3v) is 5.96. The Kier molecular flexibility index (Phi) is 5.62. The van der Waals surface area contributed by atoms with Gasteiger partial charge in [-0.15, -0.1) is 0 Å². The van der Waals surface area contributed by atoms with Crippen LogP contribution in [0.15, 0.2) is 45.9 Å². The van der Waals surface area contributed by atoms with Crippen molar-refractivity contribution in [3.63, 3.8) is 0 Å². The third-order valence-electron chi connectivity index (χ3n) is 4.18. The van der Waals surface area contributed by atoms with Crippen LogP contribution in [0, 0.1) is 0 Å². The predicted octanol–water partition coefficient (Wildman–Crippen LogP) is 2.07. The smallest absolute Gasteiger partial charge is 0.291 e. The number of anilines is 1. The zero-order chi connectivity index (χ0) is 19.4. The Morgan fingerprint density at radius 1 is 1.11 bits per heavy atom. The molecule has 1 aromatic carbocycles. The number of sulfonamides is 1. The maximum absolute atomic E-state index is 12.5. The summed E-state index contributed by atoms with van der Waals surface area (Å²) in [6, 6.07) is 9.05. The first-order valence-corrected chi connectivity index (χ1v) is 10.2. The van der Waals surface area contributed by atoms with E-state index in [0.717, 1.165) is 12.8 Å². The molecule has 2 N–H and O–H groups in total. The highest BCUT2D eigenvalue weighted by atomic mass is 32.2. The minimum atomic E-state index is -3.71. The molecule has 0 saturated carbocycles. The molecule has 2 heterocycles.